The molecule has 0 fully saturated rings. The van der Waals surface area contributed by atoms with Crippen molar-refractivity contribution in [3.63, 3.8) is 0 Å². The van der Waals surface area contributed by atoms with Gasteiger partial charge in [0.1, 0.15) is 5.82 Å². The van der Waals surface area contributed by atoms with Gasteiger partial charge < -0.3 is 4.57 Å². The van der Waals surface area contributed by atoms with E-state index in [4.69, 9.17) is 4.98 Å². The predicted molar refractivity (Wildman–Crippen MR) is 189 cm³/mol. The molecule has 0 N–H and O–H groups in total. The lowest BCUT2D eigenvalue weighted by Gasteiger charge is -2.12. The molecule has 0 aliphatic rings. The van der Waals surface area contributed by atoms with Gasteiger partial charge in [0, 0.05) is 43.2 Å². The van der Waals surface area contributed by atoms with Crippen molar-refractivity contribution < 1.29 is 0 Å². The van der Waals surface area contributed by atoms with Gasteiger partial charge >= 0.3 is 0 Å². The number of imidazole rings is 1. The molecule has 0 saturated heterocycles. The lowest BCUT2D eigenvalue weighted by atomic mass is 10.1. The number of rotatable bonds is 3. The fraction of sp³-hybridized carbons (Fsp3) is 0. The molecule has 0 atom stereocenters. The SMILES string of the molecule is c1ccc(-n2c(-c3ccc(-n4c5ccccc5c5ccc6c7sc8ccccc8c7sc6c54)cc3)nc3ccccc32)cc1. The number of aromatic nitrogens is 3. The van der Waals surface area contributed by atoms with Crippen LogP contribution in [0.5, 0.6) is 0 Å². The van der Waals surface area contributed by atoms with Crippen LogP contribution in [0.25, 0.3) is 85.2 Å². The number of para-hydroxylation sites is 4. The van der Waals surface area contributed by atoms with E-state index >= 15 is 0 Å². The van der Waals surface area contributed by atoms with Crippen LogP contribution in [0.1, 0.15) is 0 Å². The summed E-state index contributed by atoms with van der Waals surface area (Å²) >= 11 is 3.84. The van der Waals surface area contributed by atoms with Crippen molar-refractivity contribution in [1.29, 1.82) is 0 Å². The first-order valence-corrected chi connectivity index (χ1v) is 16.4. The van der Waals surface area contributed by atoms with Gasteiger partial charge in [0.05, 0.1) is 36.2 Å². The maximum absolute atomic E-state index is 5.09. The van der Waals surface area contributed by atoms with Crippen LogP contribution in [-0.2, 0) is 0 Å². The quantitative estimate of drug-likeness (QED) is 0.199. The van der Waals surface area contributed by atoms with Gasteiger partial charge in [-0.3, -0.25) is 4.57 Å². The summed E-state index contributed by atoms with van der Waals surface area (Å²) in [5.41, 5.74) is 7.94. The third-order valence-electron chi connectivity index (χ3n) is 8.75. The molecule has 10 rings (SSSR count). The van der Waals surface area contributed by atoms with Gasteiger partial charge in [0.2, 0.25) is 0 Å². The van der Waals surface area contributed by atoms with Crippen LogP contribution in [0.3, 0.4) is 0 Å². The first-order valence-electron chi connectivity index (χ1n) is 14.7. The minimum Gasteiger partial charge on any atom is -0.308 e. The maximum Gasteiger partial charge on any atom is 0.145 e. The van der Waals surface area contributed by atoms with Crippen LogP contribution in [0.2, 0.25) is 0 Å². The van der Waals surface area contributed by atoms with Gasteiger partial charge in [-0.2, -0.15) is 0 Å². The first kappa shape index (κ1) is 24.2. The summed E-state index contributed by atoms with van der Waals surface area (Å²) in [4.78, 5) is 5.09. The fourth-order valence-electron chi connectivity index (χ4n) is 6.80. The summed E-state index contributed by atoms with van der Waals surface area (Å²) in [5, 5.41) is 5.27. The number of nitrogens with zero attached hydrogens (tertiary/aromatic N) is 3. The number of fused-ring (bicyclic) bond motifs is 10. The topological polar surface area (TPSA) is 22.8 Å². The van der Waals surface area contributed by atoms with Crippen molar-refractivity contribution in [2.75, 3.05) is 0 Å². The molecule has 4 heterocycles. The van der Waals surface area contributed by atoms with E-state index in [0.29, 0.717) is 0 Å². The third kappa shape index (κ3) is 3.34. The van der Waals surface area contributed by atoms with Gasteiger partial charge in [-0.25, -0.2) is 4.98 Å². The molecule has 10 aromatic rings. The van der Waals surface area contributed by atoms with Crippen molar-refractivity contribution in [3.8, 4) is 22.8 Å². The van der Waals surface area contributed by atoms with E-state index in [1.54, 1.807) is 0 Å². The number of thiophene rings is 2. The highest BCUT2D eigenvalue weighted by Gasteiger charge is 2.20. The van der Waals surface area contributed by atoms with Crippen LogP contribution in [0, 0.1) is 0 Å². The Hall–Kier alpha value is -5.23. The normalized spacial score (nSPS) is 12.1. The fourth-order valence-corrected chi connectivity index (χ4v) is 9.58. The van der Waals surface area contributed by atoms with Crippen molar-refractivity contribution in [3.05, 3.63) is 140 Å². The lowest BCUT2D eigenvalue weighted by molar-refractivity contribution is 1.10. The Morgan fingerprint density at radius 1 is 0.432 bits per heavy atom. The van der Waals surface area contributed by atoms with E-state index in [-0.39, 0.29) is 0 Å². The van der Waals surface area contributed by atoms with Gasteiger partial charge in [0.25, 0.3) is 0 Å². The molecule has 6 aromatic carbocycles. The zero-order valence-corrected chi connectivity index (χ0v) is 25.1. The minimum absolute atomic E-state index is 0.943. The summed E-state index contributed by atoms with van der Waals surface area (Å²) in [6.07, 6.45) is 0. The molecule has 0 spiro atoms. The highest BCUT2D eigenvalue weighted by Crippen LogP contribution is 2.48. The van der Waals surface area contributed by atoms with E-state index < -0.39 is 0 Å². The molecule has 5 heteroatoms. The average Bonchev–Trinajstić information content (AvgIpc) is 3.83. The second-order valence-corrected chi connectivity index (χ2v) is 13.3. The van der Waals surface area contributed by atoms with Crippen LogP contribution in [-0.4, -0.2) is 14.1 Å². The van der Waals surface area contributed by atoms with E-state index in [1.807, 2.05) is 22.7 Å². The molecule has 0 amide bonds. The lowest BCUT2D eigenvalue weighted by Crippen LogP contribution is -1.98. The molecule has 0 bridgehead atoms. The average molecular weight is 598 g/mol. The van der Waals surface area contributed by atoms with E-state index in [0.717, 1.165) is 33.8 Å². The molecule has 0 aliphatic carbocycles. The van der Waals surface area contributed by atoms with Crippen molar-refractivity contribution in [1.82, 2.24) is 14.1 Å². The second-order valence-electron chi connectivity index (χ2n) is 11.2. The monoisotopic (exact) mass is 597 g/mol. The van der Waals surface area contributed by atoms with Crippen LogP contribution >= 0.6 is 22.7 Å². The molecule has 206 valence electrons. The minimum atomic E-state index is 0.943. The second kappa shape index (κ2) is 9.13. The summed E-state index contributed by atoms with van der Waals surface area (Å²) in [7, 11) is 0. The van der Waals surface area contributed by atoms with Gasteiger partial charge in [-0.05, 0) is 60.7 Å². The molecule has 0 aliphatic heterocycles. The smallest absolute Gasteiger partial charge is 0.145 e. The molecule has 3 nitrogen and oxygen atoms in total. The zero-order valence-electron chi connectivity index (χ0n) is 23.4. The van der Waals surface area contributed by atoms with Crippen LogP contribution < -0.4 is 0 Å². The summed E-state index contributed by atoms with van der Waals surface area (Å²) in [6.45, 7) is 0. The van der Waals surface area contributed by atoms with Crippen molar-refractivity contribution in [2.24, 2.45) is 0 Å². The highest BCUT2D eigenvalue weighted by molar-refractivity contribution is 7.37. The standard InChI is InChI=1S/C39H23N3S2/c1-2-10-25(11-3-1)42-33-16-8-6-14-31(33)40-39(42)24-18-20-26(21-19-24)41-32-15-7-4-12-27(32)28-22-23-30-36(35(28)41)44-37-29-13-5-9-17-34(29)43-38(30)37/h1-23H. The van der Waals surface area contributed by atoms with Gasteiger partial charge in [-0.1, -0.05) is 78.9 Å². The summed E-state index contributed by atoms with van der Waals surface area (Å²) in [5.74, 6) is 0.943. The Bertz CT molecular complexity index is 2700. The van der Waals surface area contributed by atoms with Crippen LogP contribution in [0.15, 0.2) is 140 Å². The Labute approximate surface area is 260 Å². The van der Waals surface area contributed by atoms with Crippen molar-refractivity contribution in [2.45, 2.75) is 0 Å². The summed E-state index contributed by atoms with van der Waals surface area (Å²) in [6, 6.07) is 50.0. The molecular formula is C39H23N3S2. The maximum atomic E-state index is 5.09. The van der Waals surface area contributed by atoms with Gasteiger partial charge in [-0.15, -0.1) is 22.7 Å². The van der Waals surface area contributed by atoms with E-state index in [1.165, 1.54) is 51.4 Å². The predicted octanol–water partition coefficient (Wildman–Crippen LogP) is 11.4. The Morgan fingerprint density at radius 2 is 1.09 bits per heavy atom. The van der Waals surface area contributed by atoms with Gasteiger partial charge in [0.15, 0.2) is 0 Å². The van der Waals surface area contributed by atoms with Crippen LogP contribution in [0.4, 0.5) is 0 Å². The summed E-state index contributed by atoms with van der Waals surface area (Å²) < 4.78 is 10.2. The van der Waals surface area contributed by atoms with E-state index in [2.05, 4.69) is 149 Å². The third-order valence-corrected chi connectivity index (χ3v) is 11.3. The molecule has 0 unspecified atom stereocenters. The molecular weight excluding hydrogens is 575 g/mol. The highest BCUT2D eigenvalue weighted by atomic mass is 32.1. The number of hydrogen-bond donors (Lipinski definition) is 0. The molecule has 44 heavy (non-hydrogen) atoms. The molecule has 0 saturated carbocycles. The largest absolute Gasteiger partial charge is 0.308 e. The molecule has 4 aromatic heterocycles. The van der Waals surface area contributed by atoms with E-state index in [9.17, 15) is 0 Å². The van der Waals surface area contributed by atoms with Crippen molar-refractivity contribution >= 4 is 85.1 Å². The zero-order chi connectivity index (χ0) is 28.8. The number of hydrogen-bond acceptors (Lipinski definition) is 3. The first-order chi connectivity index (χ1) is 21.8. The Kier molecular flexibility index (Phi) is 5.03. The Balaban J connectivity index is 1.22. The Morgan fingerprint density at radius 3 is 1.95 bits per heavy atom. The molecule has 0 radical (unpaired) electrons. The number of benzene rings is 6.